The summed E-state index contributed by atoms with van der Waals surface area (Å²) in [6.07, 6.45) is 2.24. The van der Waals surface area contributed by atoms with Crippen molar-refractivity contribution in [3.8, 4) is 5.75 Å². The second-order valence-corrected chi connectivity index (χ2v) is 10.5. The van der Waals surface area contributed by atoms with E-state index in [1.807, 2.05) is 12.1 Å². The molecule has 168 valence electrons. The summed E-state index contributed by atoms with van der Waals surface area (Å²) in [6, 6.07) is 15.5. The summed E-state index contributed by atoms with van der Waals surface area (Å²) in [5, 5.41) is 0.286. The first-order valence-electron chi connectivity index (χ1n) is 10.8. The number of nitrogens with zero attached hydrogens (tertiary/aromatic N) is 3. The zero-order chi connectivity index (χ0) is 21.8. The lowest BCUT2D eigenvalue weighted by molar-refractivity contribution is 0.0786. The predicted octanol–water partition coefficient (Wildman–Crippen LogP) is 3.32. The van der Waals surface area contributed by atoms with Crippen LogP contribution in [0.1, 0.15) is 18.4 Å². The molecule has 0 amide bonds. The molecule has 0 aliphatic carbocycles. The van der Waals surface area contributed by atoms with Gasteiger partial charge in [-0.2, -0.15) is 4.31 Å². The summed E-state index contributed by atoms with van der Waals surface area (Å²) in [6.45, 7) is 5.66. The van der Waals surface area contributed by atoms with Crippen molar-refractivity contribution in [2.24, 2.45) is 0 Å². The van der Waals surface area contributed by atoms with Gasteiger partial charge in [-0.25, -0.2) is 8.42 Å². The molecule has 0 bridgehead atoms. The number of sulfonamides is 1. The zero-order valence-electron chi connectivity index (χ0n) is 17.9. The van der Waals surface area contributed by atoms with Gasteiger partial charge in [-0.3, -0.25) is 9.80 Å². The van der Waals surface area contributed by atoms with Gasteiger partial charge < -0.3 is 4.74 Å². The minimum atomic E-state index is -3.54. The summed E-state index contributed by atoms with van der Waals surface area (Å²) in [5.41, 5.74) is 1.30. The van der Waals surface area contributed by atoms with Crippen molar-refractivity contribution < 1.29 is 13.2 Å². The van der Waals surface area contributed by atoms with Crippen LogP contribution in [-0.4, -0.2) is 74.9 Å². The van der Waals surface area contributed by atoms with E-state index >= 15 is 0 Å². The van der Waals surface area contributed by atoms with Crippen LogP contribution in [0, 0.1) is 0 Å². The zero-order valence-corrected chi connectivity index (χ0v) is 19.5. The van der Waals surface area contributed by atoms with Crippen molar-refractivity contribution in [2.45, 2.75) is 30.3 Å². The van der Waals surface area contributed by atoms with Crippen LogP contribution in [0.3, 0.4) is 0 Å². The van der Waals surface area contributed by atoms with Gasteiger partial charge in [0.15, 0.2) is 0 Å². The highest BCUT2D eigenvalue weighted by Crippen LogP contribution is 2.26. The van der Waals surface area contributed by atoms with Crippen LogP contribution in [0.2, 0.25) is 5.02 Å². The number of ether oxygens (including phenoxy) is 1. The van der Waals surface area contributed by atoms with E-state index in [4.69, 9.17) is 16.3 Å². The van der Waals surface area contributed by atoms with Gasteiger partial charge in [-0.15, -0.1) is 0 Å². The molecular formula is C23H30ClN3O3S. The Hall–Kier alpha value is -1.64. The average Bonchev–Trinajstić information content (AvgIpc) is 2.80. The topological polar surface area (TPSA) is 53.1 Å². The lowest BCUT2D eigenvalue weighted by atomic mass is 10.0. The molecule has 2 fully saturated rings. The predicted molar refractivity (Wildman–Crippen MR) is 123 cm³/mol. The van der Waals surface area contributed by atoms with Crippen molar-refractivity contribution in [2.75, 3.05) is 46.4 Å². The Kier molecular flexibility index (Phi) is 7.19. The van der Waals surface area contributed by atoms with Crippen LogP contribution in [0.15, 0.2) is 53.4 Å². The Balaban J connectivity index is 1.27. The van der Waals surface area contributed by atoms with E-state index < -0.39 is 10.0 Å². The van der Waals surface area contributed by atoms with Crippen LogP contribution in [-0.2, 0) is 16.6 Å². The fourth-order valence-corrected chi connectivity index (χ4v) is 6.45. The number of hydrogen-bond acceptors (Lipinski definition) is 5. The molecule has 0 aromatic heterocycles. The number of hydrogen-bond donors (Lipinski definition) is 0. The van der Waals surface area contributed by atoms with E-state index in [0.29, 0.717) is 19.1 Å². The Morgan fingerprint density at radius 2 is 1.58 bits per heavy atom. The Bertz CT molecular complexity index is 968. The average molecular weight is 464 g/mol. The third kappa shape index (κ3) is 5.23. The number of rotatable bonds is 6. The Morgan fingerprint density at radius 1 is 0.935 bits per heavy atom. The molecule has 0 N–H and O–H groups in total. The van der Waals surface area contributed by atoms with Crippen molar-refractivity contribution in [1.29, 1.82) is 0 Å². The fraction of sp³-hybridized carbons (Fsp3) is 0.478. The number of halogens is 1. The molecule has 0 radical (unpaired) electrons. The van der Waals surface area contributed by atoms with Gasteiger partial charge in [-0.1, -0.05) is 35.9 Å². The van der Waals surface area contributed by atoms with Crippen LogP contribution in [0.25, 0.3) is 0 Å². The first-order valence-corrected chi connectivity index (χ1v) is 12.6. The van der Waals surface area contributed by atoms with Gasteiger partial charge >= 0.3 is 0 Å². The summed E-state index contributed by atoms with van der Waals surface area (Å²) in [4.78, 5) is 5.16. The van der Waals surface area contributed by atoms with Gasteiger partial charge in [0, 0.05) is 38.8 Å². The summed E-state index contributed by atoms with van der Waals surface area (Å²) in [7, 11) is -1.85. The van der Waals surface area contributed by atoms with Crippen LogP contribution >= 0.6 is 11.6 Å². The molecular weight excluding hydrogens is 434 g/mol. The highest BCUT2D eigenvalue weighted by atomic mass is 35.5. The lowest BCUT2D eigenvalue weighted by Gasteiger charge is -2.42. The standard InChI is InChI=1S/C23H30ClN3O3S/c1-30-21-8-6-19(7-9-21)18-25-12-10-20(11-13-25)26-14-16-27(17-15-26)31(28,29)23-5-3-2-4-22(23)24/h2-9,20H,10-18H2,1H3. The van der Waals surface area contributed by atoms with E-state index in [1.54, 1.807) is 35.7 Å². The van der Waals surface area contributed by atoms with Crippen LogP contribution in [0.4, 0.5) is 0 Å². The minimum absolute atomic E-state index is 0.206. The smallest absolute Gasteiger partial charge is 0.244 e. The van der Waals surface area contributed by atoms with Crippen LogP contribution in [0.5, 0.6) is 5.75 Å². The van der Waals surface area contributed by atoms with Gasteiger partial charge in [0.05, 0.1) is 12.1 Å². The second kappa shape index (κ2) is 9.88. The van der Waals surface area contributed by atoms with Crippen molar-refractivity contribution in [1.82, 2.24) is 14.1 Å². The third-order valence-corrected chi connectivity index (χ3v) is 8.76. The molecule has 4 rings (SSSR count). The molecule has 6 nitrogen and oxygen atoms in total. The summed E-state index contributed by atoms with van der Waals surface area (Å²) < 4.78 is 32.7. The SMILES string of the molecule is COc1ccc(CN2CCC(N3CCN(S(=O)(=O)c4ccccc4Cl)CC3)CC2)cc1. The normalized spacial score (nSPS) is 20.1. The summed E-state index contributed by atoms with van der Waals surface area (Å²) in [5.74, 6) is 0.887. The van der Waals surface area contributed by atoms with Crippen molar-refractivity contribution in [3.63, 3.8) is 0 Å². The molecule has 2 aliphatic rings. The molecule has 8 heteroatoms. The molecule has 0 saturated carbocycles. The van der Waals surface area contributed by atoms with Gasteiger partial charge in [0.2, 0.25) is 10.0 Å². The highest BCUT2D eigenvalue weighted by Gasteiger charge is 2.33. The molecule has 0 spiro atoms. The molecule has 31 heavy (non-hydrogen) atoms. The van der Waals surface area contributed by atoms with E-state index in [-0.39, 0.29) is 9.92 Å². The molecule has 2 aliphatic heterocycles. The third-order valence-electron chi connectivity index (χ3n) is 6.37. The number of methoxy groups -OCH3 is 1. The lowest BCUT2D eigenvalue weighted by Crippen LogP contribution is -2.54. The monoisotopic (exact) mass is 463 g/mol. The van der Waals surface area contributed by atoms with Gasteiger partial charge in [-0.05, 0) is 55.8 Å². The van der Waals surface area contributed by atoms with Crippen molar-refractivity contribution in [3.05, 3.63) is 59.1 Å². The van der Waals surface area contributed by atoms with E-state index in [2.05, 4.69) is 21.9 Å². The maximum absolute atomic E-state index is 13.0. The molecule has 2 aromatic rings. The molecule has 2 saturated heterocycles. The van der Waals surface area contributed by atoms with Gasteiger partial charge in [0.25, 0.3) is 0 Å². The Morgan fingerprint density at radius 3 is 2.19 bits per heavy atom. The quantitative estimate of drug-likeness (QED) is 0.657. The van der Waals surface area contributed by atoms with E-state index in [9.17, 15) is 8.42 Å². The molecule has 2 heterocycles. The number of piperidine rings is 1. The van der Waals surface area contributed by atoms with Crippen LogP contribution < -0.4 is 4.74 Å². The minimum Gasteiger partial charge on any atom is -0.497 e. The molecule has 0 atom stereocenters. The Labute approximate surface area is 190 Å². The largest absolute Gasteiger partial charge is 0.497 e. The highest BCUT2D eigenvalue weighted by molar-refractivity contribution is 7.89. The van der Waals surface area contributed by atoms with Crippen molar-refractivity contribution >= 4 is 21.6 Å². The first-order chi connectivity index (χ1) is 15.0. The number of benzene rings is 2. The van der Waals surface area contributed by atoms with E-state index in [0.717, 1.165) is 51.3 Å². The summed E-state index contributed by atoms with van der Waals surface area (Å²) >= 11 is 6.14. The molecule has 0 unspecified atom stereocenters. The van der Waals surface area contributed by atoms with E-state index in [1.165, 1.54) is 5.56 Å². The maximum atomic E-state index is 13.0. The molecule has 2 aromatic carbocycles. The maximum Gasteiger partial charge on any atom is 0.244 e. The first kappa shape index (κ1) is 22.6. The fourth-order valence-electron chi connectivity index (χ4n) is 4.53. The number of piperazine rings is 1. The second-order valence-electron chi connectivity index (χ2n) is 8.23. The number of likely N-dealkylation sites (tertiary alicyclic amines) is 1. The van der Waals surface area contributed by atoms with Gasteiger partial charge in [0.1, 0.15) is 10.6 Å².